The maximum Gasteiger partial charge on any atom is 0.481 e. The number of anilines is 2. The van der Waals surface area contributed by atoms with E-state index in [1.165, 1.54) is 33.6 Å². The van der Waals surface area contributed by atoms with Gasteiger partial charge in [0, 0.05) is 90.8 Å². The lowest BCUT2D eigenvalue weighted by atomic mass is 9.77. The van der Waals surface area contributed by atoms with Gasteiger partial charge in [-0.3, -0.25) is 28.5 Å². The molecule has 2 aromatic heterocycles. The van der Waals surface area contributed by atoms with Gasteiger partial charge in [0.1, 0.15) is 30.3 Å². The Morgan fingerprint density at radius 2 is 1.68 bits per heavy atom. The van der Waals surface area contributed by atoms with Crippen LogP contribution < -0.4 is 51.3 Å². The average Bonchev–Trinajstić information content (AvgIpc) is 1.31. The number of alkyl carbamates (subject to hydrolysis) is 1. The number of aliphatic hydroxyl groups excluding tert-OH is 1. The van der Waals surface area contributed by atoms with Gasteiger partial charge in [-0.1, -0.05) is 37.0 Å². The third-order valence-electron chi connectivity index (χ3n) is 16.0. The van der Waals surface area contributed by atoms with Crippen LogP contribution in [-0.4, -0.2) is 133 Å². The van der Waals surface area contributed by atoms with Crippen molar-refractivity contribution in [2.75, 3.05) is 57.0 Å². The Kier molecular flexibility index (Phi) is 16.8. The number of aromatic amines is 1. The number of phosphoric ester groups is 1. The van der Waals surface area contributed by atoms with Gasteiger partial charge in [-0.2, -0.15) is 4.31 Å². The number of aliphatic hydroxyl groups is 1. The Bertz CT molecular complexity index is 3660. The summed E-state index contributed by atoms with van der Waals surface area (Å²) in [6.07, 6.45) is -3.97. The molecule has 7 atom stereocenters. The van der Waals surface area contributed by atoms with Crippen molar-refractivity contribution >= 4 is 61.9 Å². The number of amides is 3. The maximum absolute atomic E-state index is 14.7. The van der Waals surface area contributed by atoms with Gasteiger partial charge in [-0.15, -0.1) is 0 Å². The highest BCUT2D eigenvalue weighted by atomic mass is 31.3. The molecule has 4 aliphatic heterocycles. The van der Waals surface area contributed by atoms with Crippen molar-refractivity contribution in [3.8, 4) is 11.5 Å². The molecular weight excluding hydrogens is 1100 g/mol. The second kappa shape index (κ2) is 22.9. The molecule has 25 nitrogen and oxygen atoms in total. The number of aromatic nitrogens is 4. The van der Waals surface area contributed by atoms with E-state index in [9.17, 15) is 38.3 Å². The van der Waals surface area contributed by atoms with Gasteiger partial charge >= 0.3 is 27.4 Å². The molecule has 4 aliphatic rings. The van der Waals surface area contributed by atoms with Crippen molar-refractivity contribution < 1.29 is 70.9 Å². The zero-order chi connectivity index (χ0) is 59.5. The number of nitrogens with two attached hydrogens (primary N) is 1. The molecule has 442 valence electrons. The van der Waals surface area contributed by atoms with Crippen LogP contribution >= 0.6 is 15.6 Å². The number of benzene rings is 3. The van der Waals surface area contributed by atoms with E-state index in [1.807, 2.05) is 24.3 Å². The molecule has 27 heteroatoms. The maximum atomic E-state index is 14.7. The molecule has 0 saturated carbocycles. The first-order valence-electron chi connectivity index (χ1n) is 27.4. The molecule has 0 radical (unpaired) electrons. The summed E-state index contributed by atoms with van der Waals surface area (Å²) in [5, 5.41) is 18.6. The third kappa shape index (κ3) is 12.0. The number of ether oxygens (including phenoxy) is 3. The highest BCUT2D eigenvalue weighted by Crippen LogP contribution is 2.58. The zero-order valence-corrected chi connectivity index (χ0v) is 49.5. The van der Waals surface area contributed by atoms with E-state index in [4.69, 9.17) is 29.7 Å². The average molecular weight is 1180 g/mol. The molecule has 0 bridgehead atoms. The fourth-order valence-corrected chi connectivity index (χ4v) is 14.2. The van der Waals surface area contributed by atoms with Gasteiger partial charge < -0.3 is 60.2 Å². The molecule has 0 aliphatic carbocycles. The molecule has 9 rings (SSSR count). The van der Waals surface area contributed by atoms with Gasteiger partial charge in [0.15, 0.2) is 18.0 Å². The smallest absolute Gasteiger partial charge is 0.456 e. The molecule has 3 amide bonds. The van der Waals surface area contributed by atoms with Crippen molar-refractivity contribution in [1.82, 2.24) is 34.6 Å². The topological polar surface area (TPSA) is 327 Å². The van der Waals surface area contributed by atoms with E-state index in [2.05, 4.69) is 119 Å². The molecule has 3 unspecified atom stereocenters. The molecule has 1 saturated heterocycles. The number of nitrogens with zero attached hydrogens (tertiary/aromatic N) is 6. The van der Waals surface area contributed by atoms with Gasteiger partial charge in [-0.25, -0.2) is 23.1 Å². The Morgan fingerprint density at radius 1 is 0.976 bits per heavy atom. The van der Waals surface area contributed by atoms with Gasteiger partial charge in [0.2, 0.25) is 23.0 Å². The Balaban J connectivity index is 0.875. The van der Waals surface area contributed by atoms with Crippen LogP contribution in [0.3, 0.4) is 0 Å². The quantitative estimate of drug-likeness (QED) is 0.0346. The SMILES string of the molecule is CCN1c2cc3c(cc2C(C)CC1(C)C)C(c1ccccc1C(=O)N(C)CCCC(=O)NCCNC(=O)O[C@@H]1[C@H](O)[C@@H](COP(=O)(O)OP(=O)(O)O)O[C@H]1[n+]1cn(C)c2c(=O)[nH]c(N)nc21)=c1cc2c(cc1O3)=[N+](CC)C(C)(C)CC2C. The van der Waals surface area contributed by atoms with Crippen molar-refractivity contribution in [3.63, 3.8) is 0 Å². The van der Waals surface area contributed by atoms with E-state index in [0.29, 0.717) is 12.0 Å². The van der Waals surface area contributed by atoms with E-state index in [1.54, 1.807) is 11.9 Å². The zero-order valence-electron chi connectivity index (χ0n) is 47.7. The summed E-state index contributed by atoms with van der Waals surface area (Å²) < 4.78 is 55.5. The first kappa shape index (κ1) is 60.1. The Morgan fingerprint density at radius 3 is 2.39 bits per heavy atom. The number of carbonyl (C=O) groups is 3. The molecular formula is C55H74N10O15P2+2. The lowest BCUT2D eigenvalue weighted by molar-refractivity contribution is -0.745. The highest BCUT2D eigenvalue weighted by molar-refractivity contribution is 7.60. The summed E-state index contributed by atoms with van der Waals surface area (Å²) in [4.78, 5) is 92.4. The van der Waals surface area contributed by atoms with E-state index in [-0.39, 0.29) is 77.9 Å². The number of H-pyrrole nitrogens is 1. The molecule has 6 heterocycles. The minimum Gasteiger partial charge on any atom is -0.456 e. The molecule has 9 N–H and O–H groups in total. The van der Waals surface area contributed by atoms with E-state index < -0.39 is 58.4 Å². The van der Waals surface area contributed by atoms with Crippen molar-refractivity contribution in [2.24, 2.45) is 7.05 Å². The summed E-state index contributed by atoms with van der Waals surface area (Å²) in [6.45, 7) is 18.8. The summed E-state index contributed by atoms with van der Waals surface area (Å²) in [6, 6.07) is 16.6. The van der Waals surface area contributed by atoms with Crippen LogP contribution in [0.4, 0.5) is 16.4 Å². The fraction of sp³-hybridized carbons (Fsp3) is 0.509. The van der Waals surface area contributed by atoms with E-state index in [0.717, 1.165) is 70.4 Å². The molecule has 1 fully saturated rings. The number of nitrogens with one attached hydrogen (secondary N) is 3. The number of imidazole rings is 1. The van der Waals surface area contributed by atoms with Gasteiger partial charge in [-0.05, 0) is 95.5 Å². The monoisotopic (exact) mass is 1180 g/mol. The minimum atomic E-state index is -5.50. The number of hydrogen-bond donors (Lipinski definition) is 8. The molecule has 5 aromatic rings. The summed E-state index contributed by atoms with van der Waals surface area (Å²) in [5.41, 5.74) is 11.7. The first-order valence-corrected chi connectivity index (χ1v) is 30.4. The van der Waals surface area contributed by atoms with Gasteiger partial charge in [0.05, 0.1) is 19.7 Å². The van der Waals surface area contributed by atoms with Crippen LogP contribution in [0, 0.1) is 0 Å². The lowest BCUT2D eigenvalue weighted by Crippen LogP contribution is -2.52. The highest BCUT2D eigenvalue weighted by Gasteiger charge is 2.52. The number of nitrogen functional groups attached to an aromatic ring is 1. The predicted octanol–water partition coefficient (Wildman–Crippen LogP) is 3.64. The van der Waals surface area contributed by atoms with Crippen LogP contribution in [0.5, 0.6) is 11.5 Å². The van der Waals surface area contributed by atoms with Crippen LogP contribution in [0.1, 0.15) is 132 Å². The van der Waals surface area contributed by atoms with E-state index >= 15 is 0 Å². The number of fused-ring (bicyclic) bond motifs is 5. The van der Waals surface area contributed by atoms with Crippen molar-refractivity contribution in [3.05, 3.63) is 104 Å². The summed E-state index contributed by atoms with van der Waals surface area (Å²) >= 11 is 0. The largest absolute Gasteiger partial charge is 0.481 e. The number of phosphoric acid groups is 2. The second-order valence-corrected chi connectivity index (χ2v) is 25.6. The van der Waals surface area contributed by atoms with Crippen LogP contribution in [-0.2, 0) is 39.3 Å². The standard InChI is InChI=1S/C55H72N10O15P2/c1-11-64-38-24-40-36(22-34(38)30(3)26-54(64,5)6)44(37-23-35-31(4)27-55(7,8)65(12-2)39(35)25-41(37)77-40)32-16-13-14-17-33(32)50(69)61(9)21-15-18-43(66)57-19-20-58-53(70)79-47-46(67)42(28-76-82(74,75)80-81(71,72)73)78-51(47)63-29-62(10)45-48(63)59-52(56)60-49(45)68/h13-14,16-17,22-25,29-31,42,46-47,51,67H,11-12,15,18-21,26-28H2,1-10H3,(H6-2,56,57,58,59,60,66,68,70,71,72,73,74,75)/p+2/t30?,31?,42-,46-,47-,51-/m1/s1. The van der Waals surface area contributed by atoms with Crippen molar-refractivity contribution in [2.45, 2.75) is 129 Å². The lowest BCUT2D eigenvalue weighted by Gasteiger charge is -2.47. The van der Waals surface area contributed by atoms with Crippen molar-refractivity contribution in [1.29, 1.82) is 0 Å². The molecule has 0 spiro atoms. The normalized spacial score (nSPS) is 22.3. The first-order chi connectivity index (χ1) is 38.5. The van der Waals surface area contributed by atoms with Gasteiger partial charge in [0.25, 0.3) is 17.4 Å². The Labute approximate surface area is 473 Å². The van der Waals surface area contributed by atoms with Crippen LogP contribution in [0.25, 0.3) is 16.7 Å². The number of rotatable bonds is 18. The number of hydrogen-bond acceptors (Lipinski definition) is 15. The van der Waals surface area contributed by atoms with Crippen LogP contribution in [0.15, 0.2) is 59.7 Å². The summed E-state index contributed by atoms with van der Waals surface area (Å²) in [5.74, 6) is 1.14. The molecule has 82 heavy (non-hydrogen) atoms. The third-order valence-corrected chi connectivity index (χ3v) is 18.1. The predicted molar refractivity (Wildman–Crippen MR) is 302 cm³/mol. The number of aryl methyl sites for hydroxylation is 1. The Hall–Kier alpha value is -6.53. The number of carbonyl (C=O) groups excluding carboxylic acids is 3. The molecule has 3 aromatic carbocycles. The summed E-state index contributed by atoms with van der Waals surface area (Å²) in [7, 11) is -7.69. The minimum absolute atomic E-state index is 0.00750. The second-order valence-electron chi connectivity index (χ2n) is 22.8. The van der Waals surface area contributed by atoms with Crippen LogP contribution in [0.2, 0.25) is 0 Å². The fourth-order valence-electron chi connectivity index (χ4n) is 12.6.